The molecule has 0 bridgehead atoms. The van der Waals surface area contributed by atoms with Crippen molar-refractivity contribution in [1.82, 2.24) is 0 Å². The zero-order valence-electron chi connectivity index (χ0n) is 9.30. The lowest BCUT2D eigenvalue weighted by atomic mass is 9.89. The van der Waals surface area contributed by atoms with Crippen molar-refractivity contribution < 1.29 is 0 Å². The summed E-state index contributed by atoms with van der Waals surface area (Å²) in [7, 11) is 0. The largest absolute Gasteiger partial charge is 0.120 e. The van der Waals surface area contributed by atoms with E-state index in [1.165, 1.54) is 16.7 Å². The molecule has 0 saturated carbocycles. The van der Waals surface area contributed by atoms with Crippen molar-refractivity contribution in [3.05, 3.63) is 34.9 Å². The van der Waals surface area contributed by atoms with Crippen molar-refractivity contribution in [3.63, 3.8) is 0 Å². The highest BCUT2D eigenvalue weighted by Gasteiger charge is 2.10. The third kappa shape index (κ3) is 2.39. The number of benzene rings is 1. The fourth-order valence-corrected chi connectivity index (χ4v) is 1.82. The summed E-state index contributed by atoms with van der Waals surface area (Å²) in [6, 6.07) is 6.60. The first-order valence-corrected chi connectivity index (χ1v) is 5.19. The number of hydrogen-bond donors (Lipinski definition) is 0. The predicted molar refractivity (Wildman–Crippen MR) is 62.4 cm³/mol. The molecule has 0 heterocycles. The standard InChI is InChI=1S/C14H18/c1-5-7-13(6-2)14-10-11(3)8-9-12(14)4/h1,8-10,13H,6-7H2,2-4H3. The second kappa shape index (κ2) is 4.86. The molecule has 0 heteroatoms. The van der Waals surface area contributed by atoms with E-state index in [1.54, 1.807) is 0 Å². The number of hydrogen-bond acceptors (Lipinski definition) is 0. The van der Waals surface area contributed by atoms with E-state index in [1.807, 2.05) is 0 Å². The molecule has 0 saturated heterocycles. The van der Waals surface area contributed by atoms with Crippen LogP contribution in [0.4, 0.5) is 0 Å². The van der Waals surface area contributed by atoms with Crippen molar-refractivity contribution in [2.75, 3.05) is 0 Å². The minimum absolute atomic E-state index is 0.528. The first-order valence-electron chi connectivity index (χ1n) is 5.19. The monoisotopic (exact) mass is 186 g/mol. The van der Waals surface area contributed by atoms with Crippen LogP contribution in [0.25, 0.3) is 0 Å². The first-order chi connectivity index (χ1) is 6.69. The number of aryl methyl sites for hydroxylation is 2. The Balaban J connectivity index is 3.03. The summed E-state index contributed by atoms with van der Waals surface area (Å²) >= 11 is 0. The average Bonchev–Trinajstić information content (AvgIpc) is 2.18. The second-order valence-electron chi connectivity index (χ2n) is 3.87. The molecule has 0 aromatic heterocycles. The molecule has 1 atom stereocenters. The molecular formula is C14H18. The highest BCUT2D eigenvalue weighted by Crippen LogP contribution is 2.26. The van der Waals surface area contributed by atoms with E-state index in [9.17, 15) is 0 Å². The van der Waals surface area contributed by atoms with Crippen molar-refractivity contribution in [3.8, 4) is 12.3 Å². The predicted octanol–water partition coefficient (Wildman–Crippen LogP) is 3.82. The molecule has 0 aliphatic heterocycles. The molecule has 1 aromatic rings. The van der Waals surface area contributed by atoms with Crippen LogP contribution >= 0.6 is 0 Å². The minimum atomic E-state index is 0.528. The van der Waals surface area contributed by atoms with Gasteiger partial charge in [-0.3, -0.25) is 0 Å². The molecule has 0 aliphatic rings. The second-order valence-corrected chi connectivity index (χ2v) is 3.87. The maximum absolute atomic E-state index is 5.38. The summed E-state index contributed by atoms with van der Waals surface area (Å²) in [6.07, 6.45) is 7.35. The summed E-state index contributed by atoms with van der Waals surface area (Å²) < 4.78 is 0. The summed E-state index contributed by atoms with van der Waals surface area (Å²) in [6.45, 7) is 6.49. The van der Waals surface area contributed by atoms with Crippen LogP contribution in [-0.2, 0) is 0 Å². The van der Waals surface area contributed by atoms with Gasteiger partial charge >= 0.3 is 0 Å². The van der Waals surface area contributed by atoms with Gasteiger partial charge in [0.15, 0.2) is 0 Å². The van der Waals surface area contributed by atoms with Gasteiger partial charge in [0.25, 0.3) is 0 Å². The van der Waals surface area contributed by atoms with Crippen LogP contribution in [0, 0.1) is 26.2 Å². The molecule has 1 unspecified atom stereocenters. The Labute approximate surface area is 87.4 Å². The third-order valence-corrected chi connectivity index (χ3v) is 2.73. The summed E-state index contributed by atoms with van der Waals surface area (Å²) in [5.74, 6) is 3.29. The van der Waals surface area contributed by atoms with E-state index in [0.29, 0.717) is 5.92 Å². The van der Waals surface area contributed by atoms with Gasteiger partial charge in [-0.1, -0.05) is 30.7 Å². The molecule has 74 valence electrons. The van der Waals surface area contributed by atoms with E-state index in [2.05, 4.69) is 44.9 Å². The average molecular weight is 186 g/mol. The van der Waals surface area contributed by atoms with Crippen LogP contribution < -0.4 is 0 Å². The number of rotatable bonds is 3. The van der Waals surface area contributed by atoms with Crippen LogP contribution in [-0.4, -0.2) is 0 Å². The Bertz CT molecular complexity index is 342. The highest BCUT2D eigenvalue weighted by atomic mass is 14.1. The lowest BCUT2D eigenvalue weighted by Crippen LogP contribution is -1.99. The third-order valence-electron chi connectivity index (χ3n) is 2.73. The van der Waals surface area contributed by atoms with Crippen molar-refractivity contribution >= 4 is 0 Å². The normalized spacial score (nSPS) is 12.1. The first kappa shape index (κ1) is 10.9. The minimum Gasteiger partial charge on any atom is -0.120 e. The van der Waals surface area contributed by atoms with Gasteiger partial charge in [-0.25, -0.2) is 0 Å². The zero-order chi connectivity index (χ0) is 10.6. The summed E-state index contributed by atoms with van der Waals surface area (Å²) in [5.41, 5.74) is 4.10. The smallest absolute Gasteiger partial charge is 0.0155 e. The molecule has 0 nitrogen and oxygen atoms in total. The molecule has 1 aromatic carbocycles. The Morgan fingerprint density at radius 3 is 2.64 bits per heavy atom. The van der Waals surface area contributed by atoms with E-state index in [4.69, 9.17) is 6.42 Å². The van der Waals surface area contributed by atoms with Crippen LogP contribution in [0.2, 0.25) is 0 Å². The SMILES string of the molecule is C#CCC(CC)c1cc(C)ccc1C. The quantitative estimate of drug-likeness (QED) is 0.629. The molecule has 1 rings (SSSR count). The van der Waals surface area contributed by atoms with Gasteiger partial charge in [-0.05, 0) is 37.3 Å². The Morgan fingerprint density at radius 1 is 1.36 bits per heavy atom. The molecule has 0 amide bonds. The van der Waals surface area contributed by atoms with E-state index < -0.39 is 0 Å². The van der Waals surface area contributed by atoms with Gasteiger partial charge < -0.3 is 0 Å². The van der Waals surface area contributed by atoms with Gasteiger partial charge in [-0.2, -0.15) is 0 Å². The van der Waals surface area contributed by atoms with Crippen molar-refractivity contribution in [2.45, 2.75) is 39.5 Å². The zero-order valence-corrected chi connectivity index (χ0v) is 9.30. The molecule has 0 radical (unpaired) electrons. The maximum atomic E-state index is 5.38. The van der Waals surface area contributed by atoms with Crippen LogP contribution in [0.3, 0.4) is 0 Å². The number of terminal acetylenes is 1. The van der Waals surface area contributed by atoms with Gasteiger partial charge in [0.05, 0.1) is 0 Å². The van der Waals surface area contributed by atoms with Crippen molar-refractivity contribution in [1.29, 1.82) is 0 Å². The van der Waals surface area contributed by atoms with E-state index in [0.717, 1.165) is 12.8 Å². The van der Waals surface area contributed by atoms with E-state index >= 15 is 0 Å². The fourth-order valence-electron chi connectivity index (χ4n) is 1.82. The lowest BCUT2D eigenvalue weighted by molar-refractivity contribution is 0.680. The van der Waals surface area contributed by atoms with Crippen LogP contribution in [0.15, 0.2) is 18.2 Å². The van der Waals surface area contributed by atoms with Gasteiger partial charge in [0.2, 0.25) is 0 Å². The van der Waals surface area contributed by atoms with Crippen LogP contribution in [0.5, 0.6) is 0 Å². The van der Waals surface area contributed by atoms with Gasteiger partial charge in [-0.15, -0.1) is 12.3 Å². The molecule has 0 fully saturated rings. The molecule has 0 N–H and O–H groups in total. The Kier molecular flexibility index (Phi) is 3.77. The topological polar surface area (TPSA) is 0 Å². The summed E-state index contributed by atoms with van der Waals surface area (Å²) in [5, 5.41) is 0. The van der Waals surface area contributed by atoms with Gasteiger partial charge in [0.1, 0.15) is 0 Å². The molecular weight excluding hydrogens is 168 g/mol. The Hall–Kier alpha value is -1.22. The summed E-state index contributed by atoms with van der Waals surface area (Å²) in [4.78, 5) is 0. The molecule has 14 heavy (non-hydrogen) atoms. The maximum Gasteiger partial charge on any atom is 0.0155 e. The Morgan fingerprint density at radius 2 is 2.07 bits per heavy atom. The molecule has 0 aliphatic carbocycles. The fraction of sp³-hybridized carbons (Fsp3) is 0.429. The van der Waals surface area contributed by atoms with Gasteiger partial charge in [0, 0.05) is 6.42 Å². The lowest BCUT2D eigenvalue weighted by Gasteiger charge is -2.15. The van der Waals surface area contributed by atoms with E-state index in [-0.39, 0.29) is 0 Å². The molecule has 0 spiro atoms. The van der Waals surface area contributed by atoms with Crippen molar-refractivity contribution in [2.24, 2.45) is 0 Å². The highest BCUT2D eigenvalue weighted by molar-refractivity contribution is 5.33. The van der Waals surface area contributed by atoms with Crippen LogP contribution in [0.1, 0.15) is 42.4 Å².